The molecule has 78 valence electrons. The Balaban J connectivity index is 2.75. The molecule has 1 atom stereocenters. The lowest BCUT2D eigenvalue weighted by Crippen LogP contribution is -2.31. The van der Waals surface area contributed by atoms with Crippen molar-refractivity contribution in [2.24, 2.45) is 0 Å². The van der Waals surface area contributed by atoms with Crippen LogP contribution in [0.25, 0.3) is 0 Å². The molecule has 0 saturated heterocycles. The van der Waals surface area contributed by atoms with Gasteiger partial charge in [-0.15, -0.1) is 0 Å². The number of aromatic nitrogens is 1. The maximum Gasteiger partial charge on any atom is 0.425 e. The summed E-state index contributed by atoms with van der Waals surface area (Å²) in [6.45, 7) is 0.951. The Hall–Kier alpha value is -0.780. The third kappa shape index (κ3) is 2.87. The van der Waals surface area contributed by atoms with E-state index in [4.69, 9.17) is 4.74 Å². The first-order valence-electron chi connectivity index (χ1n) is 3.74. The third-order valence-corrected chi connectivity index (χ3v) is 2.10. The Morgan fingerprint density at radius 3 is 2.64 bits per heavy atom. The van der Waals surface area contributed by atoms with Crippen molar-refractivity contribution in [2.45, 2.75) is 19.2 Å². The van der Waals surface area contributed by atoms with E-state index in [9.17, 15) is 13.2 Å². The highest BCUT2D eigenvalue weighted by molar-refractivity contribution is 9.10. The fourth-order valence-corrected chi connectivity index (χ4v) is 1.06. The van der Waals surface area contributed by atoms with E-state index in [-0.39, 0.29) is 5.75 Å². The minimum Gasteiger partial charge on any atom is -0.480 e. The number of hydrogen-bond donors (Lipinski definition) is 0. The van der Waals surface area contributed by atoms with Crippen LogP contribution >= 0.6 is 15.9 Å². The zero-order valence-corrected chi connectivity index (χ0v) is 8.76. The van der Waals surface area contributed by atoms with Gasteiger partial charge in [0.1, 0.15) is 5.75 Å². The number of rotatable bonds is 2. The van der Waals surface area contributed by atoms with Crippen molar-refractivity contribution in [3.63, 3.8) is 0 Å². The van der Waals surface area contributed by atoms with Crippen LogP contribution in [0.1, 0.15) is 6.92 Å². The van der Waals surface area contributed by atoms with E-state index in [1.807, 2.05) is 0 Å². The van der Waals surface area contributed by atoms with Crippen molar-refractivity contribution in [1.82, 2.24) is 4.98 Å². The van der Waals surface area contributed by atoms with Crippen LogP contribution in [0, 0.1) is 0 Å². The van der Waals surface area contributed by atoms with Gasteiger partial charge in [-0.2, -0.15) is 13.2 Å². The van der Waals surface area contributed by atoms with Crippen LogP contribution in [0.2, 0.25) is 0 Å². The second-order valence-corrected chi connectivity index (χ2v) is 3.46. The van der Waals surface area contributed by atoms with Gasteiger partial charge in [-0.3, -0.25) is 4.98 Å². The van der Waals surface area contributed by atoms with Crippen LogP contribution in [0.3, 0.4) is 0 Å². The highest BCUT2D eigenvalue weighted by atomic mass is 79.9. The zero-order chi connectivity index (χ0) is 10.8. The third-order valence-electron chi connectivity index (χ3n) is 1.50. The maximum absolute atomic E-state index is 12.1. The fraction of sp³-hybridized carbons (Fsp3) is 0.375. The summed E-state index contributed by atoms with van der Waals surface area (Å²) in [4.78, 5) is 3.71. The van der Waals surface area contributed by atoms with E-state index in [1.54, 1.807) is 0 Å². The summed E-state index contributed by atoms with van der Waals surface area (Å²) in [5, 5.41) is 0. The smallest absolute Gasteiger partial charge is 0.425 e. The molecule has 1 aromatic rings. The lowest BCUT2D eigenvalue weighted by molar-refractivity contribution is -0.189. The molecule has 0 aliphatic rings. The summed E-state index contributed by atoms with van der Waals surface area (Å²) in [6, 6.07) is 1.37. The van der Waals surface area contributed by atoms with Crippen molar-refractivity contribution in [2.75, 3.05) is 0 Å². The molecule has 14 heavy (non-hydrogen) atoms. The minimum absolute atomic E-state index is 0.129. The van der Waals surface area contributed by atoms with Crippen molar-refractivity contribution in [3.8, 4) is 5.75 Å². The molecule has 0 radical (unpaired) electrons. The summed E-state index contributed by atoms with van der Waals surface area (Å²) in [5.41, 5.74) is 0. The molecule has 1 aromatic heterocycles. The molecule has 2 nitrogen and oxygen atoms in total. The number of alkyl halides is 3. The van der Waals surface area contributed by atoms with Crippen LogP contribution in [-0.4, -0.2) is 17.3 Å². The molecule has 0 aromatic carbocycles. The van der Waals surface area contributed by atoms with E-state index in [2.05, 4.69) is 20.9 Å². The molecular weight excluding hydrogens is 263 g/mol. The molecular formula is C8H7BrF3NO. The first-order valence-corrected chi connectivity index (χ1v) is 4.53. The molecule has 0 aliphatic carbocycles. The molecule has 0 fully saturated rings. The number of nitrogens with zero attached hydrogens (tertiary/aromatic N) is 1. The van der Waals surface area contributed by atoms with Gasteiger partial charge < -0.3 is 4.74 Å². The summed E-state index contributed by atoms with van der Waals surface area (Å²) in [6.07, 6.45) is -3.45. The van der Waals surface area contributed by atoms with E-state index in [0.29, 0.717) is 4.47 Å². The van der Waals surface area contributed by atoms with Gasteiger partial charge in [0.15, 0.2) is 6.10 Å². The van der Waals surface area contributed by atoms with Crippen LogP contribution in [0.4, 0.5) is 13.2 Å². The van der Waals surface area contributed by atoms with E-state index >= 15 is 0 Å². The lowest BCUT2D eigenvalue weighted by atomic mass is 10.4. The van der Waals surface area contributed by atoms with Crippen LogP contribution in [0.5, 0.6) is 5.75 Å². The second kappa shape index (κ2) is 4.16. The van der Waals surface area contributed by atoms with Crippen LogP contribution in [-0.2, 0) is 0 Å². The largest absolute Gasteiger partial charge is 0.480 e. The van der Waals surface area contributed by atoms with Gasteiger partial charge in [0.05, 0.1) is 4.47 Å². The predicted octanol–water partition coefficient (Wildman–Crippen LogP) is 3.17. The molecule has 0 saturated carbocycles. The SMILES string of the molecule is CC(Oc1ccncc1Br)C(F)(F)F. The summed E-state index contributed by atoms with van der Waals surface area (Å²) in [5.74, 6) is 0.129. The monoisotopic (exact) mass is 269 g/mol. The van der Waals surface area contributed by atoms with E-state index in [0.717, 1.165) is 6.92 Å². The Morgan fingerprint density at radius 2 is 2.14 bits per heavy atom. The van der Waals surface area contributed by atoms with E-state index < -0.39 is 12.3 Å². The zero-order valence-electron chi connectivity index (χ0n) is 7.18. The first kappa shape index (κ1) is 11.3. The standard InChI is InChI=1S/C8H7BrF3NO/c1-5(8(10,11)12)14-7-2-3-13-4-6(7)9/h2-5H,1H3. The Bertz CT molecular complexity index is 316. The van der Waals surface area contributed by atoms with E-state index in [1.165, 1.54) is 18.5 Å². The molecule has 1 rings (SSSR count). The summed E-state index contributed by atoms with van der Waals surface area (Å²) >= 11 is 3.04. The Morgan fingerprint density at radius 1 is 1.50 bits per heavy atom. The first-order chi connectivity index (χ1) is 6.41. The number of ether oxygens (including phenoxy) is 1. The number of halogens is 4. The Kier molecular flexibility index (Phi) is 3.36. The van der Waals surface area contributed by atoms with Crippen molar-refractivity contribution >= 4 is 15.9 Å². The predicted molar refractivity (Wildman–Crippen MR) is 48.1 cm³/mol. The van der Waals surface area contributed by atoms with Crippen molar-refractivity contribution < 1.29 is 17.9 Å². The van der Waals surface area contributed by atoms with Gasteiger partial charge in [-0.05, 0) is 28.9 Å². The van der Waals surface area contributed by atoms with Gasteiger partial charge in [0.25, 0.3) is 0 Å². The van der Waals surface area contributed by atoms with Gasteiger partial charge in [0, 0.05) is 12.4 Å². The number of pyridine rings is 1. The van der Waals surface area contributed by atoms with Crippen LogP contribution < -0.4 is 4.74 Å². The Labute approximate surface area is 87.2 Å². The molecule has 0 N–H and O–H groups in total. The summed E-state index contributed by atoms with van der Waals surface area (Å²) < 4.78 is 41.4. The highest BCUT2D eigenvalue weighted by Gasteiger charge is 2.38. The average Bonchev–Trinajstić information content (AvgIpc) is 2.07. The molecule has 6 heteroatoms. The normalized spacial score (nSPS) is 13.8. The van der Waals surface area contributed by atoms with Crippen molar-refractivity contribution in [3.05, 3.63) is 22.9 Å². The van der Waals surface area contributed by atoms with Crippen molar-refractivity contribution in [1.29, 1.82) is 0 Å². The quantitative estimate of drug-likeness (QED) is 0.823. The molecule has 0 spiro atoms. The second-order valence-electron chi connectivity index (χ2n) is 2.61. The molecule has 0 aliphatic heterocycles. The van der Waals surface area contributed by atoms with Gasteiger partial charge in [-0.1, -0.05) is 0 Å². The maximum atomic E-state index is 12.1. The topological polar surface area (TPSA) is 22.1 Å². The molecule has 1 heterocycles. The molecule has 0 amide bonds. The number of hydrogen-bond acceptors (Lipinski definition) is 2. The van der Waals surface area contributed by atoms with Gasteiger partial charge >= 0.3 is 6.18 Å². The lowest BCUT2D eigenvalue weighted by Gasteiger charge is -2.17. The highest BCUT2D eigenvalue weighted by Crippen LogP contribution is 2.28. The molecule has 0 bridgehead atoms. The van der Waals surface area contributed by atoms with Gasteiger partial charge in [0.2, 0.25) is 0 Å². The van der Waals surface area contributed by atoms with Crippen LogP contribution in [0.15, 0.2) is 22.9 Å². The van der Waals surface area contributed by atoms with Gasteiger partial charge in [-0.25, -0.2) is 0 Å². The molecule has 1 unspecified atom stereocenters. The fourth-order valence-electron chi connectivity index (χ4n) is 0.715. The minimum atomic E-state index is -4.36. The average molecular weight is 270 g/mol. The summed E-state index contributed by atoms with van der Waals surface area (Å²) in [7, 11) is 0.